The molecule has 2 aliphatic rings. The lowest BCUT2D eigenvalue weighted by molar-refractivity contribution is 0.358. The number of hydrogen-bond donors (Lipinski definition) is 2. The minimum atomic E-state index is -0.319. The summed E-state index contributed by atoms with van der Waals surface area (Å²) in [5.41, 5.74) is 3.79. The van der Waals surface area contributed by atoms with E-state index in [2.05, 4.69) is 22.4 Å². The number of aromatic amines is 1. The van der Waals surface area contributed by atoms with Gasteiger partial charge >= 0.3 is 5.69 Å². The summed E-state index contributed by atoms with van der Waals surface area (Å²) in [6, 6.07) is 6.53. The van der Waals surface area contributed by atoms with Crippen molar-refractivity contribution in [3.05, 3.63) is 61.1 Å². The van der Waals surface area contributed by atoms with Crippen LogP contribution in [0.25, 0.3) is 10.2 Å². The minimum Gasteiger partial charge on any atom is -0.496 e. The van der Waals surface area contributed by atoms with Crippen LogP contribution in [0.15, 0.2) is 33.2 Å². The third-order valence-corrected chi connectivity index (χ3v) is 7.72. The van der Waals surface area contributed by atoms with Gasteiger partial charge in [-0.25, -0.2) is 4.79 Å². The van der Waals surface area contributed by atoms with Gasteiger partial charge in [0, 0.05) is 24.1 Å². The summed E-state index contributed by atoms with van der Waals surface area (Å²) >= 11 is 1.40. The van der Waals surface area contributed by atoms with Gasteiger partial charge in [0.05, 0.1) is 12.6 Å². The molecule has 0 radical (unpaired) electrons. The number of nitrogens with one attached hydrogen (secondary N) is 2. The molecule has 3 unspecified atom stereocenters. The molecule has 1 aromatic carbocycles. The highest BCUT2D eigenvalue weighted by molar-refractivity contribution is 7.17. The van der Waals surface area contributed by atoms with Gasteiger partial charge in [-0.2, -0.15) is 0 Å². The Kier molecular flexibility index (Phi) is 4.59. The molecule has 5 rings (SSSR count). The van der Waals surface area contributed by atoms with Gasteiger partial charge in [0.25, 0.3) is 5.56 Å². The molecule has 1 aliphatic carbocycles. The van der Waals surface area contributed by atoms with Crippen molar-refractivity contribution < 1.29 is 4.74 Å². The van der Waals surface area contributed by atoms with E-state index in [9.17, 15) is 9.59 Å². The molecule has 0 amide bonds. The number of aryl methyl sites for hydroxylation is 2. The lowest BCUT2D eigenvalue weighted by Gasteiger charge is -2.32. The zero-order valence-electron chi connectivity index (χ0n) is 16.7. The van der Waals surface area contributed by atoms with E-state index in [1.54, 1.807) is 7.11 Å². The molecule has 1 saturated heterocycles. The molecule has 152 valence electrons. The maximum Gasteiger partial charge on any atom is 0.328 e. The van der Waals surface area contributed by atoms with Crippen LogP contribution in [0.2, 0.25) is 0 Å². The SMILES string of the molecule is COc1cccc2c1C1C(CC2)CNC1CCn1c(=O)[nH]c2c(C)csc2c1=O. The number of fused-ring (bicyclic) bond motifs is 4. The first-order chi connectivity index (χ1) is 14.1. The van der Waals surface area contributed by atoms with Crippen molar-refractivity contribution in [2.75, 3.05) is 13.7 Å². The average molecular weight is 412 g/mol. The number of hydrogen-bond acceptors (Lipinski definition) is 5. The minimum absolute atomic E-state index is 0.182. The number of benzene rings is 1. The second-order valence-electron chi connectivity index (χ2n) is 8.17. The van der Waals surface area contributed by atoms with Gasteiger partial charge in [-0.1, -0.05) is 12.1 Å². The van der Waals surface area contributed by atoms with Crippen LogP contribution in [0.4, 0.5) is 0 Å². The van der Waals surface area contributed by atoms with E-state index in [1.807, 2.05) is 18.4 Å². The van der Waals surface area contributed by atoms with Crippen LogP contribution in [0, 0.1) is 12.8 Å². The summed E-state index contributed by atoms with van der Waals surface area (Å²) in [5.74, 6) is 1.88. The van der Waals surface area contributed by atoms with Gasteiger partial charge in [-0.15, -0.1) is 11.3 Å². The fraction of sp³-hybridized carbons (Fsp3) is 0.455. The highest BCUT2D eigenvalue weighted by Gasteiger charge is 2.41. The highest BCUT2D eigenvalue weighted by atomic mass is 32.1. The molecule has 3 heterocycles. The van der Waals surface area contributed by atoms with Crippen LogP contribution in [0.3, 0.4) is 0 Å². The van der Waals surface area contributed by atoms with Crippen LogP contribution < -0.4 is 21.3 Å². The Hall–Kier alpha value is -2.38. The number of H-pyrrole nitrogens is 1. The Morgan fingerprint density at radius 2 is 2.17 bits per heavy atom. The normalized spacial score (nSPS) is 23.2. The standard InChI is InChI=1S/C22H25N3O3S/c1-12-11-29-20-19(12)24-22(27)25(21(20)26)9-8-15-17-14(10-23-15)7-6-13-4-3-5-16(28-2)18(13)17/h3-5,11,14-15,17,23H,6-10H2,1-2H3,(H,24,27). The number of methoxy groups -OCH3 is 1. The maximum absolute atomic E-state index is 12.9. The van der Waals surface area contributed by atoms with Crippen LogP contribution in [-0.2, 0) is 13.0 Å². The third kappa shape index (κ3) is 2.95. The summed E-state index contributed by atoms with van der Waals surface area (Å²) in [6.45, 7) is 3.29. The smallest absolute Gasteiger partial charge is 0.328 e. The summed E-state index contributed by atoms with van der Waals surface area (Å²) < 4.78 is 7.67. The third-order valence-electron chi connectivity index (χ3n) is 6.63. The Labute approximate surface area is 172 Å². The fourth-order valence-corrected chi connectivity index (χ4v) is 6.16. The van der Waals surface area contributed by atoms with Gasteiger partial charge in [-0.05, 0) is 61.2 Å². The molecule has 0 bridgehead atoms. The Balaban J connectivity index is 1.46. The number of ether oxygens (including phenoxy) is 1. The Bertz CT molecular complexity index is 1180. The van der Waals surface area contributed by atoms with Crippen molar-refractivity contribution in [3.63, 3.8) is 0 Å². The molecular formula is C22H25N3O3S. The quantitative estimate of drug-likeness (QED) is 0.692. The van der Waals surface area contributed by atoms with E-state index in [-0.39, 0.29) is 17.3 Å². The lowest BCUT2D eigenvalue weighted by atomic mass is 9.73. The molecule has 7 heteroatoms. The van der Waals surface area contributed by atoms with E-state index in [0.717, 1.165) is 37.1 Å². The first-order valence-corrected chi connectivity index (χ1v) is 11.1. The number of nitrogens with zero attached hydrogens (tertiary/aromatic N) is 1. The van der Waals surface area contributed by atoms with Gasteiger partial charge in [0.1, 0.15) is 10.4 Å². The van der Waals surface area contributed by atoms with Crippen molar-refractivity contribution in [1.82, 2.24) is 14.9 Å². The van der Waals surface area contributed by atoms with E-state index < -0.39 is 0 Å². The Morgan fingerprint density at radius 3 is 3.00 bits per heavy atom. The summed E-state index contributed by atoms with van der Waals surface area (Å²) in [5, 5.41) is 5.58. The predicted octanol–water partition coefficient (Wildman–Crippen LogP) is 2.78. The number of aromatic nitrogens is 2. The molecule has 3 aromatic rings. The van der Waals surface area contributed by atoms with E-state index >= 15 is 0 Å². The largest absolute Gasteiger partial charge is 0.496 e. The second-order valence-corrected chi connectivity index (χ2v) is 9.05. The van der Waals surface area contributed by atoms with Crippen molar-refractivity contribution in [3.8, 4) is 5.75 Å². The van der Waals surface area contributed by atoms with Gasteiger partial charge in [-0.3, -0.25) is 9.36 Å². The molecular weight excluding hydrogens is 386 g/mol. The summed E-state index contributed by atoms with van der Waals surface area (Å²) in [7, 11) is 1.73. The van der Waals surface area contributed by atoms with Gasteiger partial charge in [0.2, 0.25) is 0 Å². The molecule has 0 saturated carbocycles. The average Bonchev–Trinajstić information content (AvgIpc) is 3.31. The first kappa shape index (κ1) is 18.6. The van der Waals surface area contributed by atoms with Gasteiger partial charge in [0.15, 0.2) is 0 Å². The molecule has 1 aliphatic heterocycles. The zero-order valence-corrected chi connectivity index (χ0v) is 17.5. The monoisotopic (exact) mass is 411 g/mol. The second kappa shape index (κ2) is 7.15. The van der Waals surface area contributed by atoms with E-state index in [0.29, 0.717) is 28.6 Å². The molecule has 29 heavy (non-hydrogen) atoms. The molecule has 2 N–H and O–H groups in total. The Morgan fingerprint density at radius 1 is 1.31 bits per heavy atom. The van der Waals surface area contributed by atoms with Crippen LogP contribution in [-0.4, -0.2) is 29.2 Å². The molecule has 2 aromatic heterocycles. The van der Waals surface area contributed by atoms with Crippen molar-refractivity contribution >= 4 is 21.6 Å². The lowest BCUT2D eigenvalue weighted by Crippen LogP contribution is -2.37. The van der Waals surface area contributed by atoms with Crippen molar-refractivity contribution in [2.45, 2.75) is 44.7 Å². The van der Waals surface area contributed by atoms with Crippen LogP contribution in [0.1, 0.15) is 35.4 Å². The van der Waals surface area contributed by atoms with E-state index in [4.69, 9.17) is 4.74 Å². The number of rotatable bonds is 4. The number of thiophene rings is 1. The fourth-order valence-electron chi connectivity index (χ4n) is 5.21. The van der Waals surface area contributed by atoms with Crippen LogP contribution in [0.5, 0.6) is 5.75 Å². The summed E-state index contributed by atoms with van der Waals surface area (Å²) in [6.07, 6.45) is 2.97. The molecule has 3 atom stereocenters. The zero-order chi connectivity index (χ0) is 20.1. The van der Waals surface area contributed by atoms with Crippen LogP contribution >= 0.6 is 11.3 Å². The molecule has 0 spiro atoms. The topological polar surface area (TPSA) is 76.1 Å². The maximum atomic E-state index is 12.9. The van der Waals surface area contributed by atoms with E-state index in [1.165, 1.54) is 27.0 Å². The van der Waals surface area contributed by atoms with Crippen molar-refractivity contribution in [2.24, 2.45) is 5.92 Å². The molecule has 1 fully saturated rings. The highest BCUT2D eigenvalue weighted by Crippen LogP contribution is 2.46. The van der Waals surface area contributed by atoms with Crippen molar-refractivity contribution in [1.29, 1.82) is 0 Å². The predicted molar refractivity (Wildman–Crippen MR) is 115 cm³/mol. The van der Waals surface area contributed by atoms with Gasteiger partial charge < -0.3 is 15.0 Å². The first-order valence-electron chi connectivity index (χ1n) is 10.2. The summed E-state index contributed by atoms with van der Waals surface area (Å²) in [4.78, 5) is 28.3. The molecule has 6 nitrogen and oxygen atoms in total.